The average Bonchev–Trinajstić information content (AvgIpc) is 3.02. The molecule has 108 valence electrons. The number of nitrogens with zero attached hydrogens (tertiary/aromatic N) is 3. The summed E-state index contributed by atoms with van der Waals surface area (Å²) in [4.78, 5) is 0. The second-order valence-electron chi connectivity index (χ2n) is 5.30. The smallest absolute Gasteiger partial charge is 0.0991 e. The summed E-state index contributed by atoms with van der Waals surface area (Å²) in [6, 6.07) is 28.0. The second-order valence-corrected chi connectivity index (χ2v) is 5.30. The molecule has 0 N–H and O–H groups in total. The number of aromatic nitrogens is 2. The van der Waals surface area contributed by atoms with Crippen LogP contribution >= 0.6 is 0 Å². The number of para-hydroxylation sites is 1. The number of benzene rings is 3. The zero-order chi connectivity index (χ0) is 15.6. The molecule has 0 saturated heterocycles. The molecule has 1 aromatic heterocycles. The fourth-order valence-electron chi connectivity index (χ4n) is 2.77. The van der Waals surface area contributed by atoms with Gasteiger partial charge in [-0.25, -0.2) is 4.68 Å². The third-order valence-corrected chi connectivity index (χ3v) is 3.87. The van der Waals surface area contributed by atoms with E-state index in [1.807, 2.05) is 77.5 Å². The molecule has 0 aliphatic carbocycles. The van der Waals surface area contributed by atoms with Crippen molar-refractivity contribution in [3.63, 3.8) is 0 Å². The summed E-state index contributed by atoms with van der Waals surface area (Å²) in [5, 5.41) is 14.8. The van der Waals surface area contributed by atoms with Crippen LogP contribution in [-0.4, -0.2) is 9.78 Å². The third-order valence-electron chi connectivity index (χ3n) is 3.87. The predicted octanol–water partition coefficient (Wildman–Crippen LogP) is 4.56. The van der Waals surface area contributed by atoms with Crippen LogP contribution in [0, 0.1) is 11.3 Å². The van der Waals surface area contributed by atoms with Gasteiger partial charge in [0.1, 0.15) is 0 Å². The van der Waals surface area contributed by atoms with Gasteiger partial charge in [0.2, 0.25) is 0 Å². The molecule has 1 heterocycles. The average molecular weight is 295 g/mol. The van der Waals surface area contributed by atoms with Crippen molar-refractivity contribution in [3.05, 3.63) is 84.4 Å². The van der Waals surface area contributed by atoms with Crippen LogP contribution in [-0.2, 0) is 0 Å². The predicted molar refractivity (Wildman–Crippen MR) is 91.2 cm³/mol. The first-order valence-corrected chi connectivity index (χ1v) is 7.40. The molecule has 4 aromatic rings. The van der Waals surface area contributed by atoms with Gasteiger partial charge in [0.05, 0.1) is 28.5 Å². The van der Waals surface area contributed by atoms with Gasteiger partial charge in [0, 0.05) is 10.9 Å². The van der Waals surface area contributed by atoms with Crippen LogP contribution < -0.4 is 0 Å². The van der Waals surface area contributed by atoms with E-state index in [0.717, 1.165) is 27.8 Å². The van der Waals surface area contributed by atoms with E-state index in [1.165, 1.54) is 0 Å². The van der Waals surface area contributed by atoms with E-state index in [0.29, 0.717) is 5.56 Å². The molecule has 0 atom stereocenters. The van der Waals surface area contributed by atoms with E-state index in [4.69, 9.17) is 10.4 Å². The summed E-state index contributed by atoms with van der Waals surface area (Å²) >= 11 is 0. The van der Waals surface area contributed by atoms with Gasteiger partial charge in [-0.15, -0.1) is 0 Å². The minimum atomic E-state index is 0.656. The number of nitriles is 1. The van der Waals surface area contributed by atoms with Gasteiger partial charge < -0.3 is 0 Å². The number of fused-ring (bicyclic) bond motifs is 1. The topological polar surface area (TPSA) is 41.6 Å². The summed E-state index contributed by atoms with van der Waals surface area (Å²) in [5.74, 6) is 0. The molecular weight excluding hydrogens is 282 g/mol. The van der Waals surface area contributed by atoms with E-state index in [2.05, 4.69) is 12.1 Å². The molecule has 0 aliphatic rings. The molecule has 3 aromatic carbocycles. The Bertz CT molecular complexity index is 1010. The Labute approximate surface area is 134 Å². The first-order valence-electron chi connectivity index (χ1n) is 7.40. The number of rotatable bonds is 2. The van der Waals surface area contributed by atoms with Gasteiger partial charge in [0.15, 0.2) is 0 Å². The highest BCUT2D eigenvalue weighted by molar-refractivity contribution is 5.94. The van der Waals surface area contributed by atoms with Crippen LogP contribution in [0.4, 0.5) is 0 Å². The first-order chi connectivity index (χ1) is 11.4. The van der Waals surface area contributed by atoms with Gasteiger partial charge in [-0.05, 0) is 30.3 Å². The summed E-state index contributed by atoms with van der Waals surface area (Å²) in [7, 11) is 0. The number of hydrogen-bond donors (Lipinski definition) is 0. The van der Waals surface area contributed by atoms with E-state index in [9.17, 15) is 0 Å². The zero-order valence-corrected chi connectivity index (χ0v) is 12.3. The largest absolute Gasteiger partial charge is 0.232 e. The molecule has 3 nitrogen and oxygen atoms in total. The Morgan fingerprint density at radius 2 is 1.48 bits per heavy atom. The number of hydrogen-bond acceptors (Lipinski definition) is 2. The SMILES string of the molecule is N#Cc1ccc(-c2c3ccccc3nn2-c2ccccc2)cc1. The normalized spacial score (nSPS) is 10.6. The van der Waals surface area contributed by atoms with Crippen molar-refractivity contribution >= 4 is 10.9 Å². The minimum absolute atomic E-state index is 0.656. The van der Waals surface area contributed by atoms with Crippen LogP contribution in [0.3, 0.4) is 0 Å². The van der Waals surface area contributed by atoms with Crippen molar-refractivity contribution in [1.82, 2.24) is 9.78 Å². The summed E-state index contributed by atoms with van der Waals surface area (Å²) < 4.78 is 1.96. The standard InChI is InChI=1S/C20H13N3/c21-14-15-10-12-16(13-11-15)20-18-8-4-5-9-19(18)22-23(20)17-6-2-1-3-7-17/h1-13H. The minimum Gasteiger partial charge on any atom is -0.232 e. The molecule has 0 amide bonds. The van der Waals surface area contributed by atoms with E-state index in [1.54, 1.807) is 0 Å². The molecule has 0 aliphatic heterocycles. The Morgan fingerprint density at radius 3 is 2.22 bits per heavy atom. The summed E-state index contributed by atoms with van der Waals surface area (Å²) in [6.45, 7) is 0. The van der Waals surface area contributed by atoms with E-state index >= 15 is 0 Å². The van der Waals surface area contributed by atoms with Gasteiger partial charge >= 0.3 is 0 Å². The Morgan fingerprint density at radius 1 is 0.783 bits per heavy atom. The van der Waals surface area contributed by atoms with Gasteiger partial charge in [-0.1, -0.05) is 48.5 Å². The molecule has 23 heavy (non-hydrogen) atoms. The van der Waals surface area contributed by atoms with Crippen LogP contribution in [0.5, 0.6) is 0 Å². The molecule has 0 spiro atoms. The zero-order valence-electron chi connectivity index (χ0n) is 12.3. The highest BCUT2D eigenvalue weighted by Gasteiger charge is 2.14. The molecule has 0 fully saturated rings. The highest BCUT2D eigenvalue weighted by atomic mass is 15.3. The lowest BCUT2D eigenvalue weighted by atomic mass is 10.1. The van der Waals surface area contributed by atoms with Crippen molar-refractivity contribution < 1.29 is 0 Å². The van der Waals surface area contributed by atoms with Crippen molar-refractivity contribution in [2.45, 2.75) is 0 Å². The van der Waals surface area contributed by atoms with Crippen LogP contribution in [0.2, 0.25) is 0 Å². The molecule has 0 bridgehead atoms. The monoisotopic (exact) mass is 295 g/mol. The van der Waals surface area contributed by atoms with Crippen LogP contribution in [0.25, 0.3) is 27.8 Å². The molecule has 0 unspecified atom stereocenters. The van der Waals surface area contributed by atoms with Gasteiger partial charge in [-0.3, -0.25) is 0 Å². The lowest BCUT2D eigenvalue weighted by Crippen LogP contribution is -1.98. The fraction of sp³-hybridized carbons (Fsp3) is 0. The maximum atomic E-state index is 9.00. The lowest BCUT2D eigenvalue weighted by Gasteiger charge is -2.08. The van der Waals surface area contributed by atoms with E-state index in [-0.39, 0.29) is 0 Å². The molecular formula is C20H13N3. The molecule has 0 saturated carbocycles. The van der Waals surface area contributed by atoms with Crippen molar-refractivity contribution in [2.75, 3.05) is 0 Å². The van der Waals surface area contributed by atoms with Crippen molar-refractivity contribution in [1.29, 1.82) is 5.26 Å². The highest BCUT2D eigenvalue weighted by Crippen LogP contribution is 2.31. The fourth-order valence-corrected chi connectivity index (χ4v) is 2.77. The van der Waals surface area contributed by atoms with Crippen molar-refractivity contribution in [2.24, 2.45) is 0 Å². The van der Waals surface area contributed by atoms with Crippen LogP contribution in [0.15, 0.2) is 78.9 Å². The second kappa shape index (κ2) is 5.43. The Kier molecular flexibility index (Phi) is 3.14. The maximum absolute atomic E-state index is 9.00. The van der Waals surface area contributed by atoms with Gasteiger partial charge in [-0.2, -0.15) is 10.4 Å². The quantitative estimate of drug-likeness (QED) is 0.544. The Hall–Kier alpha value is -3.38. The summed E-state index contributed by atoms with van der Waals surface area (Å²) in [6.07, 6.45) is 0. The molecule has 0 radical (unpaired) electrons. The first kappa shape index (κ1) is 13.3. The van der Waals surface area contributed by atoms with Crippen LogP contribution in [0.1, 0.15) is 5.56 Å². The van der Waals surface area contributed by atoms with Gasteiger partial charge in [0.25, 0.3) is 0 Å². The van der Waals surface area contributed by atoms with E-state index < -0.39 is 0 Å². The van der Waals surface area contributed by atoms with Crippen molar-refractivity contribution in [3.8, 4) is 23.0 Å². The Balaban J connectivity index is 2.01. The summed E-state index contributed by atoms with van der Waals surface area (Å²) in [5.41, 5.74) is 4.71. The molecule has 4 rings (SSSR count). The maximum Gasteiger partial charge on any atom is 0.0991 e. The third kappa shape index (κ3) is 2.27. The lowest BCUT2D eigenvalue weighted by molar-refractivity contribution is 0.904. The molecule has 3 heteroatoms.